The van der Waals surface area contributed by atoms with E-state index in [2.05, 4.69) is 10.3 Å². The van der Waals surface area contributed by atoms with Crippen LogP contribution < -0.4 is 5.32 Å². The van der Waals surface area contributed by atoms with Crippen molar-refractivity contribution in [3.05, 3.63) is 65.4 Å². The molecule has 1 N–H and O–H groups in total. The van der Waals surface area contributed by atoms with Crippen molar-refractivity contribution in [2.45, 2.75) is 6.92 Å². The number of nitrogens with zero attached hydrogens (tertiary/aromatic N) is 2. The Morgan fingerprint density at radius 2 is 1.82 bits per heavy atom. The summed E-state index contributed by atoms with van der Waals surface area (Å²) in [6, 6.07) is 5.86. The summed E-state index contributed by atoms with van der Waals surface area (Å²) in [5.41, 5.74) is 0.133. The molecule has 3 aromatic rings. The second-order valence-corrected chi connectivity index (χ2v) is 4.67. The topological polar surface area (TPSA) is 46.4 Å². The molecular formula is C15H10F3N3O. The molecule has 0 atom stereocenters. The normalized spacial score (nSPS) is 10.9. The molecule has 3 rings (SSSR count). The van der Waals surface area contributed by atoms with Crippen molar-refractivity contribution < 1.29 is 18.0 Å². The van der Waals surface area contributed by atoms with Crippen molar-refractivity contribution in [1.82, 2.24) is 9.38 Å². The summed E-state index contributed by atoms with van der Waals surface area (Å²) in [6.45, 7) is 1.55. The van der Waals surface area contributed by atoms with E-state index in [1.807, 2.05) is 0 Å². The van der Waals surface area contributed by atoms with Gasteiger partial charge in [0, 0.05) is 6.20 Å². The number of hydrogen-bond donors (Lipinski definition) is 1. The summed E-state index contributed by atoms with van der Waals surface area (Å²) in [5.74, 6) is -3.13. The van der Waals surface area contributed by atoms with E-state index in [4.69, 9.17) is 0 Å². The highest BCUT2D eigenvalue weighted by Crippen LogP contribution is 2.20. The van der Waals surface area contributed by atoms with Crippen molar-refractivity contribution in [1.29, 1.82) is 0 Å². The number of aromatic nitrogens is 2. The number of imidazole rings is 1. The Balaban J connectivity index is 2.06. The second-order valence-electron chi connectivity index (χ2n) is 4.67. The standard InChI is InChI=1S/C15H10F3N3O/c1-8-14(21-7-9(16)5-6-12(21)19-8)15(22)20-13-10(17)3-2-4-11(13)18/h2-7H,1H3,(H,20,22). The van der Waals surface area contributed by atoms with Crippen molar-refractivity contribution in [2.24, 2.45) is 0 Å². The van der Waals surface area contributed by atoms with Crippen LogP contribution in [0.2, 0.25) is 0 Å². The number of amides is 1. The quantitative estimate of drug-likeness (QED) is 0.789. The van der Waals surface area contributed by atoms with E-state index in [0.29, 0.717) is 11.3 Å². The molecule has 2 aromatic heterocycles. The predicted octanol–water partition coefficient (Wildman–Crippen LogP) is 3.31. The molecule has 7 heteroatoms. The zero-order valence-electron chi connectivity index (χ0n) is 11.4. The Bertz CT molecular complexity index is 869. The average molecular weight is 305 g/mol. The fourth-order valence-electron chi connectivity index (χ4n) is 2.20. The molecule has 0 fully saturated rings. The minimum atomic E-state index is -0.897. The van der Waals surface area contributed by atoms with Crippen LogP contribution in [0.5, 0.6) is 0 Å². The maximum atomic E-state index is 13.6. The highest BCUT2D eigenvalue weighted by molar-refractivity contribution is 6.04. The van der Waals surface area contributed by atoms with Crippen molar-refractivity contribution in [2.75, 3.05) is 5.32 Å². The fraction of sp³-hybridized carbons (Fsp3) is 0.0667. The van der Waals surface area contributed by atoms with E-state index in [0.717, 1.165) is 18.3 Å². The van der Waals surface area contributed by atoms with Crippen LogP contribution in [-0.2, 0) is 0 Å². The van der Waals surface area contributed by atoms with E-state index in [1.54, 1.807) is 6.92 Å². The molecule has 0 bridgehead atoms. The van der Waals surface area contributed by atoms with Crippen molar-refractivity contribution in [3.8, 4) is 0 Å². The summed E-state index contributed by atoms with van der Waals surface area (Å²) in [5, 5.41) is 2.16. The number of fused-ring (bicyclic) bond motifs is 1. The lowest BCUT2D eigenvalue weighted by atomic mass is 10.2. The van der Waals surface area contributed by atoms with Crippen molar-refractivity contribution in [3.63, 3.8) is 0 Å². The summed E-state index contributed by atoms with van der Waals surface area (Å²) >= 11 is 0. The van der Waals surface area contributed by atoms with Gasteiger partial charge in [0.1, 0.15) is 34.5 Å². The molecule has 4 nitrogen and oxygen atoms in total. The van der Waals surface area contributed by atoms with Crippen LogP contribution in [0.25, 0.3) is 5.65 Å². The molecule has 2 heterocycles. The first kappa shape index (κ1) is 14.1. The number of benzene rings is 1. The van der Waals surface area contributed by atoms with Gasteiger partial charge in [-0.3, -0.25) is 9.20 Å². The van der Waals surface area contributed by atoms with Gasteiger partial charge in [0.05, 0.1) is 5.69 Å². The average Bonchev–Trinajstić information content (AvgIpc) is 2.78. The molecule has 0 unspecified atom stereocenters. The third-order valence-corrected chi connectivity index (χ3v) is 3.17. The fourth-order valence-corrected chi connectivity index (χ4v) is 2.20. The molecule has 0 aliphatic rings. The van der Waals surface area contributed by atoms with Crippen molar-refractivity contribution >= 4 is 17.2 Å². The number of carbonyl (C=O) groups excluding carboxylic acids is 1. The number of nitrogens with one attached hydrogen (secondary N) is 1. The van der Waals surface area contributed by atoms with Crippen LogP contribution in [0.3, 0.4) is 0 Å². The zero-order chi connectivity index (χ0) is 15.9. The molecular weight excluding hydrogens is 295 g/mol. The Kier molecular flexibility index (Phi) is 3.32. The van der Waals surface area contributed by atoms with Gasteiger partial charge in [-0.15, -0.1) is 0 Å². The van der Waals surface area contributed by atoms with Crippen LogP contribution in [0, 0.1) is 24.4 Å². The van der Waals surface area contributed by atoms with Gasteiger partial charge < -0.3 is 5.32 Å². The molecule has 0 spiro atoms. The molecule has 0 radical (unpaired) electrons. The number of carbonyl (C=O) groups is 1. The molecule has 1 aromatic carbocycles. The number of anilines is 1. The Morgan fingerprint density at radius 1 is 1.14 bits per heavy atom. The van der Waals surface area contributed by atoms with Gasteiger partial charge in [-0.05, 0) is 31.2 Å². The van der Waals surface area contributed by atoms with Gasteiger partial charge in [0.2, 0.25) is 0 Å². The summed E-state index contributed by atoms with van der Waals surface area (Å²) in [6.07, 6.45) is 1.09. The van der Waals surface area contributed by atoms with Crippen LogP contribution in [0.15, 0.2) is 36.5 Å². The minimum Gasteiger partial charge on any atom is -0.316 e. The lowest BCUT2D eigenvalue weighted by Crippen LogP contribution is -2.17. The van der Waals surface area contributed by atoms with Gasteiger partial charge in [0.25, 0.3) is 5.91 Å². The van der Waals surface area contributed by atoms with Gasteiger partial charge in [0.15, 0.2) is 0 Å². The summed E-state index contributed by atoms with van der Waals surface area (Å²) in [4.78, 5) is 16.4. The number of pyridine rings is 1. The Labute approximate surface area is 123 Å². The molecule has 112 valence electrons. The largest absolute Gasteiger partial charge is 0.316 e. The second kappa shape index (κ2) is 5.18. The van der Waals surface area contributed by atoms with Crippen LogP contribution >= 0.6 is 0 Å². The lowest BCUT2D eigenvalue weighted by molar-refractivity contribution is 0.101. The first-order chi connectivity index (χ1) is 10.5. The summed E-state index contributed by atoms with van der Waals surface area (Å²) < 4.78 is 41.8. The molecule has 22 heavy (non-hydrogen) atoms. The minimum absolute atomic E-state index is 0.0113. The lowest BCUT2D eigenvalue weighted by Gasteiger charge is -2.08. The van der Waals surface area contributed by atoms with E-state index in [9.17, 15) is 18.0 Å². The number of aryl methyl sites for hydroxylation is 1. The molecule has 0 saturated heterocycles. The highest BCUT2D eigenvalue weighted by Gasteiger charge is 2.20. The van der Waals surface area contributed by atoms with Gasteiger partial charge in [-0.25, -0.2) is 18.2 Å². The molecule has 1 amide bonds. The number of rotatable bonds is 2. The first-order valence-electron chi connectivity index (χ1n) is 6.37. The monoisotopic (exact) mass is 305 g/mol. The maximum absolute atomic E-state index is 13.6. The van der Waals surface area contributed by atoms with Gasteiger partial charge >= 0.3 is 0 Å². The molecule has 0 aliphatic carbocycles. The van der Waals surface area contributed by atoms with Gasteiger partial charge in [-0.2, -0.15) is 0 Å². The highest BCUT2D eigenvalue weighted by atomic mass is 19.1. The molecule has 0 aliphatic heterocycles. The Morgan fingerprint density at radius 3 is 2.50 bits per heavy atom. The number of hydrogen-bond acceptors (Lipinski definition) is 2. The van der Waals surface area contributed by atoms with Crippen LogP contribution in [-0.4, -0.2) is 15.3 Å². The van der Waals surface area contributed by atoms with Gasteiger partial charge in [-0.1, -0.05) is 6.07 Å². The Hall–Kier alpha value is -2.83. The zero-order valence-corrected chi connectivity index (χ0v) is 11.4. The predicted molar refractivity (Wildman–Crippen MR) is 74.2 cm³/mol. The van der Waals surface area contributed by atoms with Crippen LogP contribution in [0.4, 0.5) is 18.9 Å². The van der Waals surface area contributed by atoms with E-state index in [1.165, 1.54) is 22.6 Å². The SMILES string of the molecule is Cc1nc2ccc(F)cn2c1C(=O)Nc1c(F)cccc1F. The van der Waals surface area contributed by atoms with E-state index < -0.39 is 29.0 Å². The third kappa shape index (κ3) is 2.30. The third-order valence-electron chi connectivity index (χ3n) is 3.17. The maximum Gasteiger partial charge on any atom is 0.274 e. The summed E-state index contributed by atoms with van der Waals surface area (Å²) in [7, 11) is 0. The van der Waals surface area contributed by atoms with E-state index >= 15 is 0 Å². The van der Waals surface area contributed by atoms with E-state index in [-0.39, 0.29) is 5.69 Å². The smallest absolute Gasteiger partial charge is 0.274 e. The molecule has 0 saturated carbocycles. The van der Waals surface area contributed by atoms with Crippen LogP contribution in [0.1, 0.15) is 16.2 Å². The number of halogens is 3. The first-order valence-corrected chi connectivity index (χ1v) is 6.37. The number of para-hydroxylation sites is 1.